The van der Waals surface area contributed by atoms with Gasteiger partial charge in [-0.25, -0.2) is 11.7 Å². The van der Waals surface area contributed by atoms with Gasteiger partial charge in [0.1, 0.15) is 6.04 Å². The second-order valence-corrected chi connectivity index (χ2v) is 11.0. The first-order valence-corrected chi connectivity index (χ1v) is 15.8. The number of nitrogens with one attached hydrogen (secondary N) is 6. The van der Waals surface area contributed by atoms with Crippen LogP contribution in [-0.2, 0) is 14.4 Å². The maximum atomic E-state index is 12.9. The van der Waals surface area contributed by atoms with Gasteiger partial charge in [0, 0.05) is 38.6 Å². The van der Waals surface area contributed by atoms with Gasteiger partial charge in [-0.15, -0.1) is 0 Å². The van der Waals surface area contributed by atoms with Crippen LogP contribution >= 0.6 is 0 Å². The monoisotopic (exact) mass is 596 g/mol. The molecule has 3 amide bonds. The SMILES string of the molecule is CCCCCCCC(CC(=O)NCCCCCN=CNN)NCC(=O)NC(CC(C)C)C(=O)NCCCCN=CNN. The molecule has 244 valence electrons. The molecule has 10 N–H and O–H groups in total. The number of nitrogens with zero attached hydrogens (tertiary/aromatic N) is 2. The third-order valence-electron chi connectivity index (χ3n) is 6.63. The van der Waals surface area contributed by atoms with Crippen molar-refractivity contribution >= 4 is 30.4 Å². The van der Waals surface area contributed by atoms with Crippen molar-refractivity contribution in [1.82, 2.24) is 32.1 Å². The number of unbranched alkanes of at least 4 members (excludes halogenated alkanes) is 7. The van der Waals surface area contributed by atoms with Crippen molar-refractivity contribution in [2.75, 3.05) is 32.7 Å². The highest BCUT2D eigenvalue weighted by Crippen LogP contribution is 2.10. The van der Waals surface area contributed by atoms with E-state index in [0.29, 0.717) is 39.0 Å². The first-order valence-electron chi connectivity index (χ1n) is 15.8. The number of hydrazine groups is 2. The average Bonchev–Trinajstić information content (AvgIpc) is 2.95. The number of carbonyl (C=O) groups excluding carboxylic acids is 3. The van der Waals surface area contributed by atoms with Crippen LogP contribution in [0.1, 0.15) is 104 Å². The van der Waals surface area contributed by atoms with E-state index < -0.39 is 6.04 Å². The molecule has 0 spiro atoms. The van der Waals surface area contributed by atoms with Crippen LogP contribution in [0, 0.1) is 5.92 Å². The molecule has 2 atom stereocenters. The van der Waals surface area contributed by atoms with Crippen LogP contribution in [0.3, 0.4) is 0 Å². The van der Waals surface area contributed by atoms with Crippen molar-refractivity contribution < 1.29 is 14.4 Å². The Morgan fingerprint density at radius 3 is 2.00 bits per heavy atom. The Morgan fingerprint density at radius 1 is 0.762 bits per heavy atom. The average molecular weight is 597 g/mol. The van der Waals surface area contributed by atoms with Gasteiger partial charge in [-0.2, -0.15) is 0 Å². The standard InChI is InChI=1S/C29H60N10O3/c1-4-5-6-7-9-14-25(20-27(40)34-17-11-8-10-15-32-22-37-30)36-21-28(41)39-26(19-24(2)3)29(42)35-18-13-12-16-33-23-38-31/h22-26,36H,4-21,30-31H2,1-3H3,(H,32,37)(H,33,38)(H,34,40)(H,35,42)(H,39,41). The summed E-state index contributed by atoms with van der Waals surface area (Å²) in [5, 5.41) is 12.1. The Kier molecular flexibility index (Phi) is 26.5. The molecule has 0 aromatic carbocycles. The topological polar surface area (TPSA) is 200 Å². The van der Waals surface area contributed by atoms with Crippen LogP contribution in [0.5, 0.6) is 0 Å². The summed E-state index contributed by atoms with van der Waals surface area (Å²) in [7, 11) is 0. The van der Waals surface area contributed by atoms with Gasteiger partial charge < -0.3 is 32.1 Å². The largest absolute Gasteiger partial charge is 0.356 e. The zero-order valence-electron chi connectivity index (χ0n) is 26.4. The smallest absolute Gasteiger partial charge is 0.242 e. The minimum atomic E-state index is -0.605. The van der Waals surface area contributed by atoms with Crippen molar-refractivity contribution in [2.45, 2.75) is 116 Å². The second kappa shape index (κ2) is 28.4. The molecule has 0 aliphatic carbocycles. The van der Waals surface area contributed by atoms with Crippen molar-refractivity contribution in [1.29, 1.82) is 0 Å². The number of hydrogen-bond donors (Lipinski definition) is 8. The third-order valence-corrected chi connectivity index (χ3v) is 6.63. The van der Waals surface area contributed by atoms with Gasteiger partial charge in [0.15, 0.2) is 0 Å². The number of hydrogen-bond acceptors (Lipinski definition) is 8. The summed E-state index contributed by atoms with van der Waals surface area (Å²) in [5.74, 6) is 10.1. The number of aliphatic imine (C=N–C) groups is 2. The van der Waals surface area contributed by atoms with Crippen LogP contribution in [0.2, 0.25) is 0 Å². The Morgan fingerprint density at radius 2 is 1.36 bits per heavy atom. The third kappa shape index (κ3) is 25.0. The van der Waals surface area contributed by atoms with Gasteiger partial charge in [0.25, 0.3) is 0 Å². The molecule has 0 aromatic rings. The molecule has 13 nitrogen and oxygen atoms in total. The fourth-order valence-corrected chi connectivity index (χ4v) is 4.38. The summed E-state index contributed by atoms with van der Waals surface area (Å²) in [6.45, 7) is 8.74. The van der Waals surface area contributed by atoms with E-state index in [0.717, 1.165) is 51.4 Å². The van der Waals surface area contributed by atoms with Crippen LogP contribution in [0.4, 0.5) is 0 Å². The van der Waals surface area contributed by atoms with Crippen LogP contribution < -0.4 is 43.8 Å². The first kappa shape index (κ1) is 39.2. The van der Waals surface area contributed by atoms with Gasteiger partial charge >= 0.3 is 0 Å². The lowest BCUT2D eigenvalue weighted by molar-refractivity contribution is -0.129. The van der Waals surface area contributed by atoms with Gasteiger partial charge in [0.2, 0.25) is 17.7 Å². The summed E-state index contributed by atoms with van der Waals surface area (Å²) in [4.78, 5) is 46.4. The van der Waals surface area contributed by atoms with E-state index in [1.807, 2.05) is 13.8 Å². The fraction of sp³-hybridized carbons (Fsp3) is 0.828. The lowest BCUT2D eigenvalue weighted by Crippen LogP contribution is -2.50. The Balaban J connectivity index is 4.72. The highest BCUT2D eigenvalue weighted by atomic mass is 16.2. The number of amides is 3. The molecule has 0 aromatic heterocycles. The van der Waals surface area contributed by atoms with E-state index in [1.54, 1.807) is 0 Å². The molecule has 0 saturated carbocycles. The van der Waals surface area contributed by atoms with E-state index in [4.69, 9.17) is 11.7 Å². The number of rotatable bonds is 28. The maximum Gasteiger partial charge on any atom is 0.242 e. The van der Waals surface area contributed by atoms with Crippen LogP contribution in [0.25, 0.3) is 0 Å². The normalized spacial score (nSPS) is 12.9. The maximum absolute atomic E-state index is 12.9. The van der Waals surface area contributed by atoms with Crippen LogP contribution in [0.15, 0.2) is 9.98 Å². The van der Waals surface area contributed by atoms with Crippen molar-refractivity contribution in [3.63, 3.8) is 0 Å². The summed E-state index contributed by atoms with van der Waals surface area (Å²) in [6.07, 6.45) is 14.6. The molecule has 13 heteroatoms. The quantitative estimate of drug-likeness (QED) is 0.0218. The molecular formula is C29H60N10O3. The molecule has 0 heterocycles. The minimum Gasteiger partial charge on any atom is -0.356 e. The molecule has 2 unspecified atom stereocenters. The minimum absolute atomic E-state index is 0.0196. The van der Waals surface area contributed by atoms with E-state index in [-0.39, 0.29) is 36.2 Å². The molecule has 0 aliphatic rings. The van der Waals surface area contributed by atoms with Gasteiger partial charge in [-0.1, -0.05) is 52.9 Å². The zero-order chi connectivity index (χ0) is 31.3. The van der Waals surface area contributed by atoms with Gasteiger partial charge in [0.05, 0.1) is 19.2 Å². The molecule has 0 radical (unpaired) electrons. The van der Waals surface area contributed by atoms with Crippen molar-refractivity contribution in [2.24, 2.45) is 27.6 Å². The van der Waals surface area contributed by atoms with Crippen LogP contribution in [-0.4, -0.2) is 75.2 Å². The van der Waals surface area contributed by atoms with Crippen molar-refractivity contribution in [3.05, 3.63) is 0 Å². The van der Waals surface area contributed by atoms with E-state index >= 15 is 0 Å². The summed E-state index contributed by atoms with van der Waals surface area (Å²) in [5.41, 5.74) is 4.73. The zero-order valence-corrected chi connectivity index (χ0v) is 26.4. The molecule has 42 heavy (non-hydrogen) atoms. The molecule has 0 rings (SSSR count). The van der Waals surface area contributed by atoms with Crippen molar-refractivity contribution in [3.8, 4) is 0 Å². The molecule has 0 bridgehead atoms. The summed E-state index contributed by atoms with van der Waals surface area (Å²) < 4.78 is 0. The number of carbonyl (C=O) groups is 3. The lowest BCUT2D eigenvalue weighted by atomic mass is 10.0. The van der Waals surface area contributed by atoms with Gasteiger partial charge in [-0.05, 0) is 50.9 Å². The predicted molar refractivity (Wildman–Crippen MR) is 172 cm³/mol. The Labute approximate surface area is 253 Å². The molecule has 0 saturated heterocycles. The number of nitrogens with two attached hydrogens (primary N) is 2. The second-order valence-electron chi connectivity index (χ2n) is 11.0. The first-order chi connectivity index (χ1) is 20.3. The van der Waals surface area contributed by atoms with Gasteiger partial charge in [-0.3, -0.25) is 24.4 Å². The lowest BCUT2D eigenvalue weighted by Gasteiger charge is -2.22. The highest BCUT2D eigenvalue weighted by Gasteiger charge is 2.22. The Hall–Kier alpha value is -2.77. The van der Waals surface area contributed by atoms with E-state index in [2.05, 4.69) is 49.0 Å². The fourth-order valence-electron chi connectivity index (χ4n) is 4.38. The summed E-state index contributed by atoms with van der Waals surface area (Å²) >= 11 is 0. The highest BCUT2D eigenvalue weighted by molar-refractivity contribution is 5.88. The predicted octanol–water partition coefficient (Wildman–Crippen LogP) is 1.39. The van der Waals surface area contributed by atoms with E-state index in [9.17, 15) is 14.4 Å². The molecule has 0 fully saturated rings. The molecule has 0 aliphatic heterocycles. The van der Waals surface area contributed by atoms with E-state index in [1.165, 1.54) is 31.9 Å². The summed E-state index contributed by atoms with van der Waals surface area (Å²) in [6, 6.07) is -0.711. The Bertz CT molecular complexity index is 749. The molecular weight excluding hydrogens is 536 g/mol.